The van der Waals surface area contributed by atoms with Gasteiger partial charge in [0, 0.05) is 13.1 Å². The molecule has 2 N–H and O–H groups in total. The lowest BCUT2D eigenvalue weighted by Crippen LogP contribution is -2.51. The highest BCUT2D eigenvalue weighted by Gasteiger charge is 2.25. The molecular formula is C15H22N4O. The normalized spacial score (nSPS) is 19.6. The van der Waals surface area contributed by atoms with Gasteiger partial charge >= 0.3 is 0 Å². The molecule has 20 heavy (non-hydrogen) atoms. The van der Waals surface area contributed by atoms with E-state index in [9.17, 15) is 0 Å². The molecular weight excluding hydrogens is 252 g/mol. The third-order valence-electron chi connectivity index (χ3n) is 3.68. The molecule has 0 saturated carbocycles. The number of imidazole rings is 1. The minimum absolute atomic E-state index is 0.343. The molecule has 1 aliphatic rings. The lowest BCUT2D eigenvalue weighted by Gasteiger charge is -2.35. The van der Waals surface area contributed by atoms with Crippen LogP contribution in [0.25, 0.3) is 11.0 Å². The number of aromatic nitrogens is 2. The van der Waals surface area contributed by atoms with E-state index < -0.39 is 0 Å². The van der Waals surface area contributed by atoms with Crippen molar-refractivity contribution < 1.29 is 4.74 Å². The van der Waals surface area contributed by atoms with Gasteiger partial charge < -0.3 is 19.9 Å². The lowest BCUT2D eigenvalue weighted by molar-refractivity contribution is 0.0930. The molecule has 5 nitrogen and oxygen atoms in total. The second-order valence-corrected chi connectivity index (χ2v) is 5.20. The van der Waals surface area contributed by atoms with Gasteiger partial charge in [0.25, 0.3) is 0 Å². The molecule has 2 aromatic rings. The Kier molecular flexibility index (Phi) is 4.18. The maximum absolute atomic E-state index is 5.62. The molecule has 2 heterocycles. The summed E-state index contributed by atoms with van der Waals surface area (Å²) in [4.78, 5) is 10.4. The van der Waals surface area contributed by atoms with Crippen molar-refractivity contribution in [2.45, 2.75) is 19.4 Å². The quantitative estimate of drug-likeness (QED) is 0.816. The molecule has 1 aromatic heterocycles. The number of benzene rings is 1. The van der Waals surface area contributed by atoms with E-state index in [1.807, 2.05) is 18.2 Å². The third-order valence-corrected chi connectivity index (χ3v) is 3.68. The fraction of sp³-hybridized carbons (Fsp3) is 0.533. The molecule has 3 rings (SSSR count). The number of ether oxygens (including phenoxy) is 1. The van der Waals surface area contributed by atoms with Crippen LogP contribution in [0.4, 0.5) is 5.95 Å². The first-order valence-corrected chi connectivity index (χ1v) is 7.38. The number of para-hydroxylation sites is 2. The lowest BCUT2D eigenvalue weighted by atomic mass is 10.2. The number of nitrogens with one attached hydrogen (secondary N) is 2. The van der Waals surface area contributed by atoms with Crippen molar-refractivity contribution in [3.05, 3.63) is 24.3 Å². The van der Waals surface area contributed by atoms with Gasteiger partial charge in [-0.05, 0) is 25.1 Å². The molecule has 1 saturated heterocycles. The van der Waals surface area contributed by atoms with Crippen molar-refractivity contribution in [2.75, 3.05) is 37.7 Å². The smallest absolute Gasteiger partial charge is 0.204 e. The van der Waals surface area contributed by atoms with Gasteiger partial charge in [0.05, 0.1) is 30.3 Å². The van der Waals surface area contributed by atoms with Crippen molar-refractivity contribution in [1.29, 1.82) is 0 Å². The SMILES string of the molecule is CCCNCC1COCCN1c1nc2ccccc2[nH]1. The van der Waals surface area contributed by atoms with Crippen molar-refractivity contribution in [3.63, 3.8) is 0 Å². The van der Waals surface area contributed by atoms with Crippen molar-refractivity contribution in [1.82, 2.24) is 15.3 Å². The van der Waals surface area contributed by atoms with Gasteiger partial charge in [-0.25, -0.2) is 4.98 Å². The van der Waals surface area contributed by atoms with Crippen LogP contribution in [0.2, 0.25) is 0 Å². The van der Waals surface area contributed by atoms with Crippen LogP contribution in [0.5, 0.6) is 0 Å². The summed E-state index contributed by atoms with van der Waals surface area (Å²) >= 11 is 0. The largest absolute Gasteiger partial charge is 0.377 e. The Morgan fingerprint density at radius 1 is 1.45 bits per heavy atom. The Morgan fingerprint density at radius 2 is 2.35 bits per heavy atom. The zero-order valence-corrected chi connectivity index (χ0v) is 11.9. The number of fused-ring (bicyclic) bond motifs is 1. The molecule has 1 atom stereocenters. The Labute approximate surface area is 119 Å². The van der Waals surface area contributed by atoms with Gasteiger partial charge in [-0.15, -0.1) is 0 Å². The van der Waals surface area contributed by atoms with E-state index in [4.69, 9.17) is 9.72 Å². The molecule has 0 aliphatic carbocycles. The van der Waals surface area contributed by atoms with Crippen LogP contribution in [0, 0.1) is 0 Å². The molecule has 108 valence electrons. The summed E-state index contributed by atoms with van der Waals surface area (Å²) in [6, 6.07) is 8.50. The Morgan fingerprint density at radius 3 is 3.20 bits per heavy atom. The molecule has 0 amide bonds. The zero-order valence-electron chi connectivity index (χ0n) is 11.9. The van der Waals surface area contributed by atoms with Crippen molar-refractivity contribution in [3.8, 4) is 0 Å². The van der Waals surface area contributed by atoms with E-state index in [-0.39, 0.29) is 0 Å². The van der Waals surface area contributed by atoms with E-state index in [1.54, 1.807) is 0 Å². The van der Waals surface area contributed by atoms with E-state index >= 15 is 0 Å². The predicted molar refractivity (Wildman–Crippen MR) is 81.2 cm³/mol. The van der Waals surface area contributed by atoms with Gasteiger partial charge in [0.15, 0.2) is 0 Å². The average Bonchev–Trinajstić information content (AvgIpc) is 2.92. The number of anilines is 1. The summed E-state index contributed by atoms with van der Waals surface area (Å²) < 4.78 is 5.62. The summed E-state index contributed by atoms with van der Waals surface area (Å²) in [6.45, 7) is 6.57. The van der Waals surface area contributed by atoms with Gasteiger partial charge in [-0.3, -0.25) is 0 Å². The number of rotatable bonds is 5. The summed E-state index contributed by atoms with van der Waals surface area (Å²) in [6.07, 6.45) is 1.15. The van der Waals surface area contributed by atoms with Crippen LogP contribution >= 0.6 is 0 Å². The van der Waals surface area contributed by atoms with Crippen LogP contribution in [-0.2, 0) is 4.74 Å². The van der Waals surface area contributed by atoms with Crippen LogP contribution in [-0.4, -0.2) is 48.9 Å². The fourth-order valence-electron chi connectivity index (χ4n) is 2.62. The Balaban J connectivity index is 1.77. The summed E-state index contributed by atoms with van der Waals surface area (Å²) in [7, 11) is 0. The fourth-order valence-corrected chi connectivity index (χ4v) is 2.62. The highest BCUT2D eigenvalue weighted by Crippen LogP contribution is 2.20. The standard InChI is InChI=1S/C15H22N4O/c1-2-7-16-10-12-11-20-9-8-19(12)15-17-13-5-3-4-6-14(13)18-15/h3-6,12,16H,2,7-11H2,1H3,(H,17,18). The highest BCUT2D eigenvalue weighted by molar-refractivity contribution is 5.77. The molecule has 1 aliphatic heterocycles. The topological polar surface area (TPSA) is 53.2 Å². The van der Waals surface area contributed by atoms with Crippen LogP contribution in [0.3, 0.4) is 0 Å². The Hall–Kier alpha value is -1.59. The zero-order chi connectivity index (χ0) is 13.8. The highest BCUT2D eigenvalue weighted by atomic mass is 16.5. The summed E-state index contributed by atoms with van der Waals surface area (Å²) in [5.74, 6) is 0.956. The van der Waals surface area contributed by atoms with Crippen molar-refractivity contribution in [2.24, 2.45) is 0 Å². The van der Waals surface area contributed by atoms with Crippen molar-refractivity contribution >= 4 is 17.0 Å². The summed E-state index contributed by atoms with van der Waals surface area (Å²) in [5, 5.41) is 3.47. The maximum atomic E-state index is 5.62. The van der Waals surface area contributed by atoms with E-state index in [0.717, 1.165) is 56.3 Å². The minimum atomic E-state index is 0.343. The first kappa shape index (κ1) is 13.4. The first-order valence-electron chi connectivity index (χ1n) is 7.38. The number of aromatic amines is 1. The van der Waals surface area contributed by atoms with Gasteiger partial charge in [-0.2, -0.15) is 0 Å². The molecule has 0 bridgehead atoms. The van der Waals surface area contributed by atoms with Gasteiger partial charge in [0.2, 0.25) is 5.95 Å². The van der Waals surface area contributed by atoms with Crippen LogP contribution in [0.1, 0.15) is 13.3 Å². The summed E-state index contributed by atoms with van der Waals surface area (Å²) in [5.41, 5.74) is 2.11. The molecule has 1 aromatic carbocycles. The molecule has 1 fully saturated rings. The predicted octanol–water partition coefficient (Wildman–Crippen LogP) is 1.77. The number of H-pyrrole nitrogens is 1. The number of hydrogen-bond acceptors (Lipinski definition) is 4. The average molecular weight is 274 g/mol. The molecule has 1 unspecified atom stereocenters. The molecule has 0 spiro atoms. The second kappa shape index (κ2) is 6.24. The maximum Gasteiger partial charge on any atom is 0.204 e. The molecule has 0 radical (unpaired) electrons. The monoisotopic (exact) mass is 274 g/mol. The minimum Gasteiger partial charge on any atom is -0.377 e. The number of hydrogen-bond donors (Lipinski definition) is 2. The van der Waals surface area contributed by atoms with E-state index in [0.29, 0.717) is 6.04 Å². The Bertz CT molecular complexity index is 521. The van der Waals surface area contributed by atoms with E-state index in [2.05, 4.69) is 28.2 Å². The van der Waals surface area contributed by atoms with Crippen LogP contribution < -0.4 is 10.2 Å². The second-order valence-electron chi connectivity index (χ2n) is 5.20. The van der Waals surface area contributed by atoms with E-state index in [1.165, 1.54) is 0 Å². The number of nitrogens with zero attached hydrogens (tertiary/aromatic N) is 2. The van der Waals surface area contributed by atoms with Gasteiger partial charge in [0.1, 0.15) is 0 Å². The third kappa shape index (κ3) is 2.78. The first-order chi connectivity index (χ1) is 9.88. The molecule has 5 heteroatoms. The number of morpholine rings is 1. The van der Waals surface area contributed by atoms with Crippen LogP contribution in [0.15, 0.2) is 24.3 Å². The van der Waals surface area contributed by atoms with Gasteiger partial charge in [-0.1, -0.05) is 19.1 Å².